The number of carbonyl (C=O) groups excluding carboxylic acids is 2. The SMILES string of the molecule is O=C(c1ccco1)N1CCN(C(=O)c2cc(-c3cccs3)nc3c(Cl)cccc23)CC1. The number of carbonyl (C=O) groups is 2. The molecule has 5 rings (SSSR count). The number of hydrogen-bond acceptors (Lipinski definition) is 5. The van der Waals surface area contributed by atoms with Gasteiger partial charge >= 0.3 is 0 Å². The summed E-state index contributed by atoms with van der Waals surface area (Å²) in [7, 11) is 0. The highest BCUT2D eigenvalue weighted by atomic mass is 35.5. The quantitative estimate of drug-likeness (QED) is 0.448. The molecule has 1 aliphatic heterocycles. The summed E-state index contributed by atoms with van der Waals surface area (Å²) in [6.07, 6.45) is 1.48. The molecule has 8 heteroatoms. The molecule has 1 fully saturated rings. The van der Waals surface area contributed by atoms with Crippen molar-refractivity contribution in [2.45, 2.75) is 0 Å². The molecule has 3 aromatic heterocycles. The lowest BCUT2D eigenvalue weighted by Gasteiger charge is -2.34. The summed E-state index contributed by atoms with van der Waals surface area (Å²) >= 11 is 7.98. The van der Waals surface area contributed by atoms with Crippen molar-refractivity contribution in [1.82, 2.24) is 14.8 Å². The molecule has 0 aliphatic carbocycles. The maximum absolute atomic E-state index is 13.5. The van der Waals surface area contributed by atoms with Crippen molar-refractivity contribution in [2.75, 3.05) is 26.2 Å². The zero-order valence-electron chi connectivity index (χ0n) is 16.5. The van der Waals surface area contributed by atoms with E-state index < -0.39 is 0 Å². The van der Waals surface area contributed by atoms with E-state index in [-0.39, 0.29) is 11.8 Å². The van der Waals surface area contributed by atoms with E-state index in [9.17, 15) is 9.59 Å². The third-order valence-electron chi connectivity index (χ3n) is 5.38. The molecule has 4 heterocycles. The summed E-state index contributed by atoms with van der Waals surface area (Å²) in [5, 5.41) is 3.22. The summed E-state index contributed by atoms with van der Waals surface area (Å²) in [4.78, 5) is 35.2. The van der Waals surface area contributed by atoms with Gasteiger partial charge in [-0.2, -0.15) is 0 Å². The Hall–Kier alpha value is -3.16. The molecule has 0 unspecified atom stereocenters. The average molecular weight is 452 g/mol. The number of benzene rings is 1. The fourth-order valence-corrected chi connectivity index (χ4v) is 4.68. The molecule has 0 atom stereocenters. The van der Waals surface area contributed by atoms with Gasteiger partial charge in [0.25, 0.3) is 11.8 Å². The van der Waals surface area contributed by atoms with E-state index >= 15 is 0 Å². The summed E-state index contributed by atoms with van der Waals surface area (Å²) in [5.74, 6) is 0.0749. The first kappa shape index (κ1) is 19.8. The highest BCUT2D eigenvalue weighted by Crippen LogP contribution is 2.31. The Morgan fingerprint density at radius 1 is 0.968 bits per heavy atom. The maximum Gasteiger partial charge on any atom is 0.289 e. The van der Waals surface area contributed by atoms with Gasteiger partial charge in [0, 0.05) is 31.6 Å². The van der Waals surface area contributed by atoms with E-state index in [2.05, 4.69) is 0 Å². The van der Waals surface area contributed by atoms with Crippen molar-refractivity contribution in [2.24, 2.45) is 0 Å². The Balaban J connectivity index is 1.44. The van der Waals surface area contributed by atoms with Crippen LogP contribution in [0, 0.1) is 0 Å². The molecule has 0 saturated carbocycles. The van der Waals surface area contributed by atoms with Gasteiger partial charge in [-0.1, -0.05) is 29.8 Å². The van der Waals surface area contributed by atoms with Crippen LogP contribution < -0.4 is 0 Å². The number of amides is 2. The first-order valence-electron chi connectivity index (χ1n) is 9.87. The molecule has 0 N–H and O–H groups in total. The number of nitrogens with zero attached hydrogens (tertiary/aromatic N) is 3. The second kappa shape index (κ2) is 8.17. The number of fused-ring (bicyclic) bond motifs is 1. The van der Waals surface area contributed by atoms with E-state index in [4.69, 9.17) is 21.0 Å². The number of furan rings is 1. The molecule has 31 heavy (non-hydrogen) atoms. The van der Waals surface area contributed by atoms with Crippen molar-refractivity contribution >= 4 is 45.7 Å². The third kappa shape index (κ3) is 3.71. The number of thiophene rings is 1. The topological polar surface area (TPSA) is 66.7 Å². The highest BCUT2D eigenvalue weighted by molar-refractivity contribution is 7.13. The van der Waals surface area contributed by atoms with E-state index in [1.807, 2.05) is 35.7 Å². The van der Waals surface area contributed by atoms with Crippen molar-refractivity contribution in [3.8, 4) is 10.6 Å². The summed E-state index contributed by atoms with van der Waals surface area (Å²) in [5.41, 5.74) is 1.91. The number of hydrogen-bond donors (Lipinski definition) is 0. The van der Waals surface area contributed by atoms with Gasteiger partial charge in [-0.05, 0) is 35.7 Å². The van der Waals surface area contributed by atoms with Gasteiger partial charge in [0.05, 0.1) is 32.9 Å². The standard InChI is InChI=1S/C23H18ClN3O3S/c24-17-5-1-4-15-16(14-18(25-21(15)17)20-7-3-13-31-20)22(28)26-8-10-27(11-9-26)23(29)19-6-2-12-30-19/h1-7,12-14H,8-11H2. The first-order chi connectivity index (χ1) is 15.1. The Bertz CT molecular complexity index is 1250. The Morgan fingerprint density at radius 3 is 2.42 bits per heavy atom. The van der Waals surface area contributed by atoms with Gasteiger partial charge in [-0.3, -0.25) is 9.59 Å². The first-order valence-corrected chi connectivity index (χ1v) is 11.1. The van der Waals surface area contributed by atoms with Crippen LogP contribution in [-0.4, -0.2) is 52.8 Å². The molecular weight excluding hydrogens is 434 g/mol. The van der Waals surface area contributed by atoms with Gasteiger partial charge in [0.2, 0.25) is 0 Å². The van der Waals surface area contributed by atoms with Crippen LogP contribution in [0.1, 0.15) is 20.9 Å². The molecule has 4 aromatic rings. The number of rotatable bonds is 3. The molecule has 1 saturated heterocycles. The molecule has 1 aliphatic rings. The molecule has 0 radical (unpaired) electrons. The van der Waals surface area contributed by atoms with Crippen LogP contribution in [-0.2, 0) is 0 Å². The Morgan fingerprint density at radius 2 is 1.74 bits per heavy atom. The van der Waals surface area contributed by atoms with Crippen molar-refractivity contribution < 1.29 is 14.0 Å². The van der Waals surface area contributed by atoms with Crippen molar-refractivity contribution in [3.63, 3.8) is 0 Å². The Labute approximate surface area is 187 Å². The molecule has 1 aromatic carbocycles. The number of piperazine rings is 1. The van der Waals surface area contributed by atoms with Crippen LogP contribution in [0.5, 0.6) is 0 Å². The second-order valence-corrected chi connectivity index (χ2v) is 8.58. The van der Waals surface area contributed by atoms with Crippen LogP contribution in [0.3, 0.4) is 0 Å². The summed E-state index contributed by atoms with van der Waals surface area (Å²) in [6, 6.07) is 14.6. The van der Waals surface area contributed by atoms with Crippen molar-refractivity contribution in [3.05, 3.63) is 76.5 Å². The van der Waals surface area contributed by atoms with Crippen LogP contribution >= 0.6 is 22.9 Å². The van der Waals surface area contributed by atoms with Crippen molar-refractivity contribution in [1.29, 1.82) is 0 Å². The minimum Gasteiger partial charge on any atom is -0.459 e. The molecule has 0 bridgehead atoms. The fraction of sp³-hybridized carbons (Fsp3) is 0.174. The van der Waals surface area contributed by atoms with Crippen LogP contribution in [0.4, 0.5) is 0 Å². The summed E-state index contributed by atoms with van der Waals surface area (Å²) < 4.78 is 5.21. The zero-order chi connectivity index (χ0) is 21.4. The largest absolute Gasteiger partial charge is 0.459 e. The smallest absolute Gasteiger partial charge is 0.289 e. The normalized spacial score (nSPS) is 14.2. The summed E-state index contributed by atoms with van der Waals surface area (Å²) in [6.45, 7) is 1.80. The molecular formula is C23H18ClN3O3S. The second-order valence-electron chi connectivity index (χ2n) is 7.23. The van der Waals surface area contributed by atoms with Crippen LogP contribution in [0.25, 0.3) is 21.5 Å². The van der Waals surface area contributed by atoms with E-state index in [0.29, 0.717) is 48.0 Å². The number of pyridine rings is 1. The van der Waals surface area contributed by atoms with Gasteiger partial charge < -0.3 is 14.2 Å². The molecule has 2 amide bonds. The molecule has 6 nitrogen and oxygen atoms in total. The third-order valence-corrected chi connectivity index (χ3v) is 6.58. The van der Waals surface area contributed by atoms with E-state index in [1.165, 1.54) is 6.26 Å². The molecule has 156 valence electrons. The number of halogens is 1. The highest BCUT2D eigenvalue weighted by Gasteiger charge is 2.28. The fourth-order valence-electron chi connectivity index (χ4n) is 3.78. The van der Waals surface area contributed by atoms with Gasteiger partial charge in [0.15, 0.2) is 5.76 Å². The predicted octanol–water partition coefficient (Wildman–Crippen LogP) is 4.81. The lowest BCUT2D eigenvalue weighted by Crippen LogP contribution is -2.50. The van der Waals surface area contributed by atoms with Crippen LogP contribution in [0.2, 0.25) is 5.02 Å². The number of aromatic nitrogens is 1. The minimum atomic E-state index is -0.154. The van der Waals surface area contributed by atoms with Gasteiger partial charge in [-0.15, -0.1) is 11.3 Å². The lowest BCUT2D eigenvalue weighted by atomic mass is 10.0. The molecule has 0 spiro atoms. The average Bonchev–Trinajstić information content (AvgIpc) is 3.52. The van der Waals surface area contributed by atoms with Gasteiger partial charge in [0.1, 0.15) is 0 Å². The van der Waals surface area contributed by atoms with E-state index in [0.717, 1.165) is 16.0 Å². The Kier molecular flexibility index (Phi) is 5.21. The van der Waals surface area contributed by atoms with Gasteiger partial charge in [-0.25, -0.2) is 4.98 Å². The zero-order valence-corrected chi connectivity index (χ0v) is 18.0. The van der Waals surface area contributed by atoms with E-state index in [1.54, 1.807) is 39.3 Å². The maximum atomic E-state index is 13.5. The number of para-hydroxylation sites is 1. The minimum absolute atomic E-state index is 0.0856. The predicted molar refractivity (Wildman–Crippen MR) is 121 cm³/mol. The van der Waals surface area contributed by atoms with Crippen LogP contribution in [0.15, 0.2) is 64.6 Å². The monoisotopic (exact) mass is 451 g/mol. The lowest BCUT2D eigenvalue weighted by molar-refractivity contribution is 0.0519.